The van der Waals surface area contributed by atoms with E-state index < -0.39 is 5.95 Å². The first-order valence-electron chi connectivity index (χ1n) is 13.8. The van der Waals surface area contributed by atoms with Crippen LogP contribution in [0.5, 0.6) is 0 Å². The van der Waals surface area contributed by atoms with Crippen LogP contribution in [0.15, 0.2) is 77.9 Å². The van der Waals surface area contributed by atoms with Gasteiger partial charge in [-0.15, -0.1) is 0 Å². The van der Waals surface area contributed by atoms with Crippen molar-refractivity contribution in [2.75, 3.05) is 25.0 Å². The number of aromatic nitrogens is 4. The zero-order valence-electron chi connectivity index (χ0n) is 23.4. The van der Waals surface area contributed by atoms with Crippen molar-refractivity contribution in [2.45, 2.75) is 33.7 Å². The second kappa shape index (κ2) is 12.6. The number of nitrogens with zero attached hydrogens (tertiary/aromatic N) is 5. The van der Waals surface area contributed by atoms with Gasteiger partial charge in [0.05, 0.1) is 0 Å². The molecule has 0 radical (unpaired) electrons. The predicted octanol–water partition coefficient (Wildman–Crippen LogP) is 6.96. The Morgan fingerprint density at radius 3 is 2.41 bits per heavy atom. The molecule has 7 nitrogen and oxygen atoms in total. The molecule has 0 aliphatic rings. The van der Waals surface area contributed by atoms with Gasteiger partial charge in [0, 0.05) is 58.3 Å². The van der Waals surface area contributed by atoms with E-state index in [1.165, 1.54) is 11.8 Å². The van der Waals surface area contributed by atoms with Crippen LogP contribution in [-0.4, -0.2) is 44.1 Å². The van der Waals surface area contributed by atoms with Gasteiger partial charge in [0.1, 0.15) is 5.65 Å². The third-order valence-corrected chi connectivity index (χ3v) is 7.61. The summed E-state index contributed by atoms with van der Waals surface area (Å²) in [5, 5.41) is 4.30. The Hall–Kier alpha value is -4.14. The largest absolute Gasteiger partial charge is 0.324 e. The summed E-state index contributed by atoms with van der Waals surface area (Å²) in [6.07, 6.45) is 4.09. The van der Waals surface area contributed by atoms with Gasteiger partial charge in [0.25, 0.3) is 5.56 Å². The Morgan fingerprint density at radius 2 is 1.73 bits per heavy atom. The summed E-state index contributed by atoms with van der Waals surface area (Å²) in [4.78, 5) is 28.9. The maximum atomic E-state index is 14.2. The van der Waals surface area contributed by atoms with E-state index in [9.17, 15) is 9.18 Å². The number of anilines is 2. The van der Waals surface area contributed by atoms with Crippen molar-refractivity contribution in [3.05, 3.63) is 99.9 Å². The molecule has 3 heterocycles. The molecular formula is C32H32ClFN6O. The van der Waals surface area contributed by atoms with Crippen molar-refractivity contribution in [3.8, 4) is 22.3 Å². The standard InChI is InChI=1S/C32H32ClFN6O/c1-4-39(5-2)17-15-21-9-12-24(13-10-21)37-32-36-20-23-18-27(31(41)40(6-3)30(23)38-32)26-14-11-22(19-28(26)33)25-8-7-16-35-29(25)34/h7-14,16,18-20H,4-6,15,17H2,1-3H3,(H,36,37,38). The molecule has 0 fully saturated rings. The number of halogens is 2. The Morgan fingerprint density at radius 1 is 0.951 bits per heavy atom. The van der Waals surface area contributed by atoms with E-state index in [0.29, 0.717) is 50.8 Å². The molecule has 0 saturated carbocycles. The number of hydrogen-bond acceptors (Lipinski definition) is 6. The molecular weight excluding hydrogens is 539 g/mol. The van der Waals surface area contributed by atoms with Gasteiger partial charge in [-0.1, -0.05) is 49.7 Å². The van der Waals surface area contributed by atoms with Crippen LogP contribution < -0.4 is 10.9 Å². The number of benzene rings is 2. The Kier molecular flexibility index (Phi) is 8.71. The van der Waals surface area contributed by atoms with E-state index in [0.717, 1.165) is 31.7 Å². The van der Waals surface area contributed by atoms with E-state index in [1.54, 1.807) is 47.2 Å². The molecule has 0 amide bonds. The van der Waals surface area contributed by atoms with Crippen LogP contribution in [-0.2, 0) is 13.0 Å². The molecule has 1 N–H and O–H groups in total. The van der Waals surface area contributed by atoms with Gasteiger partial charge < -0.3 is 10.2 Å². The molecule has 210 valence electrons. The summed E-state index contributed by atoms with van der Waals surface area (Å²) in [6, 6.07) is 18.4. The molecule has 0 saturated heterocycles. The predicted molar refractivity (Wildman–Crippen MR) is 164 cm³/mol. The van der Waals surface area contributed by atoms with Crippen molar-refractivity contribution in [2.24, 2.45) is 0 Å². The number of rotatable bonds is 10. The van der Waals surface area contributed by atoms with E-state index in [2.05, 4.69) is 51.1 Å². The van der Waals surface area contributed by atoms with Crippen LogP contribution in [0.1, 0.15) is 26.3 Å². The lowest BCUT2D eigenvalue weighted by Gasteiger charge is -2.17. The summed E-state index contributed by atoms with van der Waals surface area (Å²) in [7, 11) is 0. The van der Waals surface area contributed by atoms with Crippen molar-refractivity contribution in [1.82, 2.24) is 24.4 Å². The fraction of sp³-hybridized carbons (Fsp3) is 0.250. The van der Waals surface area contributed by atoms with Gasteiger partial charge in [-0.05, 0) is 74.0 Å². The van der Waals surface area contributed by atoms with Crippen molar-refractivity contribution < 1.29 is 4.39 Å². The van der Waals surface area contributed by atoms with Crippen LogP contribution >= 0.6 is 11.6 Å². The lowest BCUT2D eigenvalue weighted by molar-refractivity contribution is 0.308. The third kappa shape index (κ3) is 6.14. The molecule has 0 aliphatic carbocycles. The zero-order chi connectivity index (χ0) is 28.9. The Balaban J connectivity index is 1.42. The molecule has 0 spiro atoms. The van der Waals surface area contributed by atoms with Crippen molar-refractivity contribution >= 4 is 34.3 Å². The first-order chi connectivity index (χ1) is 19.9. The van der Waals surface area contributed by atoms with E-state index in [-0.39, 0.29) is 5.56 Å². The second-order valence-corrected chi connectivity index (χ2v) is 10.1. The minimum absolute atomic E-state index is 0.218. The van der Waals surface area contributed by atoms with Crippen LogP contribution in [0.2, 0.25) is 5.02 Å². The average molecular weight is 571 g/mol. The quantitative estimate of drug-likeness (QED) is 0.183. The van der Waals surface area contributed by atoms with Crippen LogP contribution in [0.4, 0.5) is 16.0 Å². The Labute approximate surface area is 243 Å². The third-order valence-electron chi connectivity index (χ3n) is 7.29. The first kappa shape index (κ1) is 28.4. The topological polar surface area (TPSA) is 75.9 Å². The number of hydrogen-bond donors (Lipinski definition) is 1. The summed E-state index contributed by atoms with van der Waals surface area (Å²) in [6.45, 7) is 9.79. The van der Waals surface area contributed by atoms with Gasteiger partial charge in [0.2, 0.25) is 11.9 Å². The number of fused-ring (bicyclic) bond motifs is 1. The van der Waals surface area contributed by atoms with Gasteiger partial charge in [0.15, 0.2) is 0 Å². The fourth-order valence-electron chi connectivity index (χ4n) is 4.92. The number of likely N-dealkylation sites (N-methyl/N-ethyl adjacent to an activating group) is 1. The number of pyridine rings is 2. The molecule has 5 rings (SSSR count). The first-order valence-corrected chi connectivity index (χ1v) is 14.2. The highest BCUT2D eigenvalue weighted by Crippen LogP contribution is 2.32. The molecule has 9 heteroatoms. The summed E-state index contributed by atoms with van der Waals surface area (Å²) < 4.78 is 15.8. The maximum absolute atomic E-state index is 14.2. The highest BCUT2D eigenvalue weighted by atomic mass is 35.5. The lowest BCUT2D eigenvalue weighted by Crippen LogP contribution is -2.25. The highest BCUT2D eigenvalue weighted by Gasteiger charge is 2.16. The number of nitrogens with one attached hydrogen (secondary N) is 1. The molecule has 0 bridgehead atoms. The number of aryl methyl sites for hydroxylation is 1. The van der Waals surface area contributed by atoms with E-state index in [4.69, 9.17) is 11.6 Å². The molecule has 41 heavy (non-hydrogen) atoms. The summed E-state index contributed by atoms with van der Waals surface area (Å²) in [5.74, 6) is -0.174. The minimum Gasteiger partial charge on any atom is -0.324 e. The fourth-order valence-corrected chi connectivity index (χ4v) is 5.20. The Bertz CT molecular complexity index is 1730. The molecule has 0 aliphatic heterocycles. The smallest absolute Gasteiger partial charge is 0.260 e. The molecule has 3 aromatic heterocycles. The van der Waals surface area contributed by atoms with Gasteiger partial charge in [-0.3, -0.25) is 9.36 Å². The second-order valence-electron chi connectivity index (χ2n) is 9.72. The van der Waals surface area contributed by atoms with Gasteiger partial charge >= 0.3 is 0 Å². The average Bonchev–Trinajstić information content (AvgIpc) is 2.99. The molecule has 5 aromatic rings. The van der Waals surface area contributed by atoms with E-state index >= 15 is 0 Å². The SMILES string of the molecule is CCN(CC)CCc1ccc(Nc2ncc3cc(-c4ccc(-c5cccnc5F)cc4Cl)c(=O)n(CC)c3n2)cc1. The normalized spacial score (nSPS) is 11.4. The summed E-state index contributed by atoms with van der Waals surface area (Å²) in [5.41, 5.74) is 4.35. The molecule has 2 aromatic carbocycles. The lowest BCUT2D eigenvalue weighted by atomic mass is 10.0. The summed E-state index contributed by atoms with van der Waals surface area (Å²) >= 11 is 6.63. The molecule has 0 unspecified atom stereocenters. The van der Waals surface area contributed by atoms with Gasteiger partial charge in [-0.2, -0.15) is 9.37 Å². The zero-order valence-corrected chi connectivity index (χ0v) is 24.1. The van der Waals surface area contributed by atoms with Crippen LogP contribution in [0, 0.1) is 5.95 Å². The van der Waals surface area contributed by atoms with E-state index in [1.807, 2.05) is 19.1 Å². The van der Waals surface area contributed by atoms with Crippen LogP contribution in [0.3, 0.4) is 0 Å². The monoisotopic (exact) mass is 570 g/mol. The minimum atomic E-state index is -0.580. The van der Waals surface area contributed by atoms with Crippen molar-refractivity contribution in [3.63, 3.8) is 0 Å². The van der Waals surface area contributed by atoms with Crippen LogP contribution in [0.25, 0.3) is 33.3 Å². The highest BCUT2D eigenvalue weighted by molar-refractivity contribution is 6.33. The van der Waals surface area contributed by atoms with Gasteiger partial charge in [-0.25, -0.2) is 9.97 Å². The maximum Gasteiger partial charge on any atom is 0.260 e. The van der Waals surface area contributed by atoms with Crippen molar-refractivity contribution in [1.29, 1.82) is 0 Å². The molecule has 0 atom stereocenters.